The Labute approximate surface area is 130 Å². The lowest BCUT2D eigenvalue weighted by molar-refractivity contribution is 0.292. The number of hydrogen-bond acceptors (Lipinski definition) is 2. The Morgan fingerprint density at radius 2 is 2.00 bits per heavy atom. The smallest absolute Gasteiger partial charge is 0.119 e. The third kappa shape index (κ3) is 2.18. The van der Waals surface area contributed by atoms with Crippen molar-refractivity contribution >= 4 is 10.9 Å². The van der Waals surface area contributed by atoms with Gasteiger partial charge in [-0.25, -0.2) is 0 Å². The first-order chi connectivity index (χ1) is 10.7. The van der Waals surface area contributed by atoms with E-state index >= 15 is 0 Å². The highest BCUT2D eigenvalue weighted by atomic mass is 16.5. The zero-order valence-electron chi connectivity index (χ0n) is 13.0. The molecule has 1 atom stereocenters. The van der Waals surface area contributed by atoms with Gasteiger partial charge in [-0.05, 0) is 47.8 Å². The molecule has 0 fully saturated rings. The van der Waals surface area contributed by atoms with Crippen LogP contribution in [0.2, 0.25) is 0 Å². The van der Waals surface area contributed by atoms with Crippen LogP contribution < -0.4 is 4.74 Å². The number of nitrogens with one attached hydrogen (secondary N) is 1. The van der Waals surface area contributed by atoms with Crippen LogP contribution >= 0.6 is 0 Å². The summed E-state index contributed by atoms with van der Waals surface area (Å²) in [5, 5.41) is 1.28. The van der Waals surface area contributed by atoms with Crippen LogP contribution in [-0.4, -0.2) is 30.6 Å². The second kappa shape index (κ2) is 5.18. The van der Waals surface area contributed by atoms with Gasteiger partial charge in [0, 0.05) is 30.2 Å². The summed E-state index contributed by atoms with van der Waals surface area (Å²) in [6, 6.07) is 17.2. The van der Waals surface area contributed by atoms with Crippen LogP contribution in [0.3, 0.4) is 0 Å². The van der Waals surface area contributed by atoms with Crippen LogP contribution in [0.25, 0.3) is 10.9 Å². The predicted molar refractivity (Wildman–Crippen MR) is 89.5 cm³/mol. The van der Waals surface area contributed by atoms with Gasteiger partial charge in [-0.3, -0.25) is 0 Å². The summed E-state index contributed by atoms with van der Waals surface area (Å²) in [5.41, 5.74) is 5.27. The lowest BCUT2D eigenvalue weighted by Crippen LogP contribution is -2.31. The average Bonchev–Trinajstić information content (AvgIpc) is 2.97. The minimum atomic E-state index is 0.382. The number of rotatable bonds is 2. The summed E-state index contributed by atoms with van der Waals surface area (Å²) in [5.74, 6) is 1.32. The fraction of sp³-hybridized carbons (Fsp3) is 0.263. The predicted octanol–water partition coefficient (Wildman–Crippen LogP) is 3.75. The number of likely N-dealkylation sites (N-methyl/N-ethyl adjacent to an activating group) is 1. The molecule has 0 spiro atoms. The van der Waals surface area contributed by atoms with Gasteiger partial charge in [-0.1, -0.05) is 24.3 Å². The summed E-state index contributed by atoms with van der Waals surface area (Å²) in [7, 11) is 3.90. The summed E-state index contributed by atoms with van der Waals surface area (Å²) in [6.45, 7) is 2.01. The van der Waals surface area contributed by atoms with Crippen molar-refractivity contribution in [3.63, 3.8) is 0 Å². The Kier molecular flexibility index (Phi) is 3.16. The number of aromatic amines is 1. The topological polar surface area (TPSA) is 28.3 Å². The summed E-state index contributed by atoms with van der Waals surface area (Å²) < 4.78 is 5.38. The maximum atomic E-state index is 5.38. The number of ether oxygens (including phenoxy) is 1. The summed E-state index contributed by atoms with van der Waals surface area (Å²) in [4.78, 5) is 5.97. The third-order valence-electron chi connectivity index (χ3n) is 4.59. The first kappa shape index (κ1) is 13.4. The van der Waals surface area contributed by atoms with Gasteiger partial charge in [-0.2, -0.15) is 0 Å². The zero-order chi connectivity index (χ0) is 15.1. The van der Waals surface area contributed by atoms with Crippen LogP contribution in [0.1, 0.15) is 22.7 Å². The van der Waals surface area contributed by atoms with Crippen LogP contribution in [0, 0.1) is 0 Å². The van der Waals surface area contributed by atoms with Crippen molar-refractivity contribution in [2.24, 2.45) is 0 Å². The van der Waals surface area contributed by atoms with Crippen molar-refractivity contribution in [3.8, 4) is 5.75 Å². The number of fused-ring (bicyclic) bond motifs is 2. The minimum Gasteiger partial charge on any atom is -0.497 e. The van der Waals surface area contributed by atoms with E-state index in [1.165, 1.54) is 27.7 Å². The highest BCUT2D eigenvalue weighted by Gasteiger charge is 2.26. The van der Waals surface area contributed by atoms with Crippen molar-refractivity contribution in [1.82, 2.24) is 9.88 Å². The van der Waals surface area contributed by atoms with Crippen molar-refractivity contribution in [2.75, 3.05) is 20.7 Å². The Hall–Kier alpha value is -2.26. The first-order valence-corrected chi connectivity index (χ1v) is 7.67. The van der Waals surface area contributed by atoms with E-state index in [-0.39, 0.29) is 0 Å². The van der Waals surface area contributed by atoms with E-state index in [0.29, 0.717) is 5.92 Å². The molecule has 0 saturated heterocycles. The van der Waals surface area contributed by atoms with Gasteiger partial charge in [-0.15, -0.1) is 0 Å². The average molecular weight is 292 g/mol. The molecule has 0 saturated carbocycles. The number of aromatic nitrogens is 1. The molecule has 1 N–H and O–H groups in total. The maximum Gasteiger partial charge on any atom is 0.119 e. The Morgan fingerprint density at radius 3 is 2.82 bits per heavy atom. The normalized spacial score (nSPS) is 18.4. The molecule has 2 heterocycles. The van der Waals surface area contributed by atoms with E-state index in [2.05, 4.69) is 65.5 Å². The van der Waals surface area contributed by atoms with Gasteiger partial charge in [0.05, 0.1) is 7.11 Å². The van der Waals surface area contributed by atoms with Gasteiger partial charge >= 0.3 is 0 Å². The molecule has 3 aromatic rings. The van der Waals surface area contributed by atoms with Crippen molar-refractivity contribution in [1.29, 1.82) is 0 Å². The van der Waals surface area contributed by atoms with Crippen molar-refractivity contribution < 1.29 is 4.74 Å². The van der Waals surface area contributed by atoms with Crippen LogP contribution in [0.4, 0.5) is 0 Å². The summed E-state index contributed by atoms with van der Waals surface area (Å²) >= 11 is 0. The molecule has 3 nitrogen and oxygen atoms in total. The minimum absolute atomic E-state index is 0.382. The number of hydrogen-bond donors (Lipinski definition) is 1. The molecule has 1 unspecified atom stereocenters. The Morgan fingerprint density at radius 1 is 1.14 bits per heavy atom. The quantitative estimate of drug-likeness (QED) is 0.779. The number of nitrogens with zero attached hydrogens (tertiary/aromatic N) is 1. The second-order valence-electron chi connectivity index (χ2n) is 6.13. The van der Waals surface area contributed by atoms with Gasteiger partial charge in [0.15, 0.2) is 0 Å². The number of para-hydroxylation sites is 1. The molecule has 0 radical (unpaired) electrons. The van der Waals surface area contributed by atoms with Gasteiger partial charge in [0.2, 0.25) is 0 Å². The van der Waals surface area contributed by atoms with E-state index < -0.39 is 0 Å². The fourth-order valence-electron chi connectivity index (χ4n) is 3.50. The zero-order valence-corrected chi connectivity index (χ0v) is 13.0. The Bertz CT molecular complexity index is 788. The summed E-state index contributed by atoms with van der Waals surface area (Å²) in [6.07, 6.45) is 0. The SMILES string of the molecule is COc1ccc2c(c1)CN(C)CC2c1cc2ccccc2[nH]1. The standard InChI is InChI=1S/C19H20N2O/c1-21-11-14-9-15(22-2)7-8-16(14)17(12-21)19-10-13-5-3-4-6-18(13)20-19/h3-10,17,20H,11-12H2,1-2H3. The molecular weight excluding hydrogens is 272 g/mol. The van der Waals surface area contributed by atoms with E-state index in [1.54, 1.807) is 7.11 Å². The van der Waals surface area contributed by atoms with Crippen molar-refractivity contribution in [2.45, 2.75) is 12.5 Å². The molecule has 0 aliphatic carbocycles. The fourth-order valence-corrected chi connectivity index (χ4v) is 3.50. The van der Waals surface area contributed by atoms with Gasteiger partial charge in [0.1, 0.15) is 5.75 Å². The molecule has 1 aromatic heterocycles. The van der Waals surface area contributed by atoms with Crippen LogP contribution in [0.5, 0.6) is 5.75 Å². The van der Waals surface area contributed by atoms with Gasteiger partial charge in [0.25, 0.3) is 0 Å². The number of benzene rings is 2. The molecular formula is C19H20N2O. The highest BCUT2D eigenvalue weighted by Crippen LogP contribution is 2.35. The highest BCUT2D eigenvalue weighted by molar-refractivity contribution is 5.80. The second-order valence-corrected chi connectivity index (χ2v) is 6.13. The molecule has 112 valence electrons. The molecule has 22 heavy (non-hydrogen) atoms. The van der Waals surface area contributed by atoms with Crippen LogP contribution in [0.15, 0.2) is 48.5 Å². The molecule has 2 aromatic carbocycles. The third-order valence-corrected chi connectivity index (χ3v) is 4.59. The number of methoxy groups -OCH3 is 1. The van der Waals surface area contributed by atoms with Crippen molar-refractivity contribution in [3.05, 3.63) is 65.4 Å². The lowest BCUT2D eigenvalue weighted by atomic mass is 9.87. The molecule has 0 amide bonds. The van der Waals surface area contributed by atoms with E-state index in [9.17, 15) is 0 Å². The molecule has 1 aliphatic heterocycles. The Balaban J connectivity index is 1.82. The van der Waals surface area contributed by atoms with E-state index in [1.807, 2.05) is 0 Å². The van der Waals surface area contributed by atoms with Gasteiger partial charge < -0.3 is 14.6 Å². The molecule has 0 bridgehead atoms. The molecule has 1 aliphatic rings. The van der Waals surface area contributed by atoms with Crippen LogP contribution in [-0.2, 0) is 6.54 Å². The van der Waals surface area contributed by atoms with E-state index in [0.717, 1.165) is 18.8 Å². The maximum absolute atomic E-state index is 5.38. The first-order valence-electron chi connectivity index (χ1n) is 7.67. The largest absolute Gasteiger partial charge is 0.497 e. The van der Waals surface area contributed by atoms with E-state index in [4.69, 9.17) is 4.74 Å². The number of H-pyrrole nitrogens is 1. The lowest BCUT2D eigenvalue weighted by Gasteiger charge is -2.32. The molecule has 4 rings (SSSR count). The monoisotopic (exact) mass is 292 g/mol. The molecule has 3 heteroatoms.